The first-order valence-corrected chi connectivity index (χ1v) is 8.99. The second kappa shape index (κ2) is 10.4. The zero-order valence-corrected chi connectivity index (χ0v) is 16.3. The Hall–Kier alpha value is -3.00. The summed E-state index contributed by atoms with van der Waals surface area (Å²) in [6, 6.07) is 9.88. The monoisotopic (exact) mass is 390 g/mol. The van der Waals surface area contributed by atoms with Crippen LogP contribution in [0.4, 0.5) is 0 Å². The van der Waals surface area contributed by atoms with E-state index in [2.05, 4.69) is 5.32 Å². The number of amides is 1. The molecule has 2 aromatic rings. The van der Waals surface area contributed by atoms with Gasteiger partial charge in [-0.05, 0) is 57.4 Å². The second-order valence-electron chi connectivity index (χ2n) is 6.49. The number of carbonyl (C=O) groups excluding carboxylic acids is 1. The molecular formula is C20H26N2O6. The van der Waals surface area contributed by atoms with Crippen molar-refractivity contribution < 1.29 is 28.6 Å². The lowest BCUT2D eigenvalue weighted by Crippen LogP contribution is -2.42. The molecule has 0 saturated carbocycles. The zero-order chi connectivity index (χ0) is 20.5. The largest absolute Gasteiger partial charge is 0.494 e. The molecule has 28 heavy (non-hydrogen) atoms. The summed E-state index contributed by atoms with van der Waals surface area (Å²) < 4.78 is 16.5. The van der Waals surface area contributed by atoms with Gasteiger partial charge in [-0.25, -0.2) is 0 Å². The van der Waals surface area contributed by atoms with Crippen molar-refractivity contribution in [3.63, 3.8) is 0 Å². The van der Waals surface area contributed by atoms with Crippen LogP contribution in [-0.2, 0) is 11.4 Å². The molecule has 0 fully saturated rings. The highest BCUT2D eigenvalue weighted by atomic mass is 16.5. The average molecular weight is 390 g/mol. The normalized spacial score (nSPS) is 11.9. The highest BCUT2D eigenvalue weighted by Crippen LogP contribution is 2.19. The van der Waals surface area contributed by atoms with Gasteiger partial charge in [0.25, 0.3) is 5.91 Å². The van der Waals surface area contributed by atoms with Crippen LogP contribution in [0.5, 0.6) is 11.5 Å². The minimum absolute atomic E-state index is 0.111. The van der Waals surface area contributed by atoms with Crippen LogP contribution in [0.1, 0.15) is 29.7 Å². The Morgan fingerprint density at radius 2 is 1.75 bits per heavy atom. The molecule has 8 nitrogen and oxygen atoms in total. The van der Waals surface area contributed by atoms with E-state index in [0.717, 1.165) is 5.75 Å². The molecule has 2 N–H and O–H groups in total. The second-order valence-corrected chi connectivity index (χ2v) is 6.49. The van der Waals surface area contributed by atoms with Gasteiger partial charge in [-0.3, -0.25) is 9.59 Å². The van der Waals surface area contributed by atoms with Gasteiger partial charge < -0.3 is 29.2 Å². The summed E-state index contributed by atoms with van der Waals surface area (Å²) in [5.41, 5.74) is 0. The van der Waals surface area contributed by atoms with Crippen LogP contribution in [-0.4, -0.2) is 55.2 Å². The molecule has 0 bridgehead atoms. The number of rotatable bonds is 11. The molecule has 1 atom stereocenters. The van der Waals surface area contributed by atoms with Gasteiger partial charge in [-0.15, -0.1) is 0 Å². The highest BCUT2D eigenvalue weighted by molar-refractivity contribution is 5.92. The van der Waals surface area contributed by atoms with Crippen LogP contribution in [0.15, 0.2) is 40.8 Å². The average Bonchev–Trinajstić information content (AvgIpc) is 3.09. The van der Waals surface area contributed by atoms with Gasteiger partial charge in [-0.1, -0.05) is 0 Å². The number of hydrogen-bond acceptors (Lipinski definition) is 6. The summed E-state index contributed by atoms with van der Waals surface area (Å²) in [7, 11) is 3.62. The molecule has 0 aliphatic carbocycles. The van der Waals surface area contributed by atoms with Gasteiger partial charge in [0.15, 0.2) is 5.76 Å². The number of carbonyl (C=O) groups is 2. The van der Waals surface area contributed by atoms with Crippen LogP contribution in [0.3, 0.4) is 0 Å². The number of aliphatic carboxylic acids is 1. The molecule has 0 spiro atoms. The van der Waals surface area contributed by atoms with E-state index in [4.69, 9.17) is 19.0 Å². The minimum atomic E-state index is -0.976. The van der Waals surface area contributed by atoms with E-state index in [1.54, 1.807) is 24.3 Å². The zero-order valence-electron chi connectivity index (χ0n) is 16.3. The summed E-state index contributed by atoms with van der Waals surface area (Å²) in [5, 5.41) is 11.7. The molecule has 1 unspecified atom stereocenters. The summed E-state index contributed by atoms with van der Waals surface area (Å²) in [5.74, 6) is 0.580. The molecule has 1 heterocycles. The fourth-order valence-corrected chi connectivity index (χ4v) is 2.60. The van der Waals surface area contributed by atoms with Crippen LogP contribution in [0.2, 0.25) is 0 Å². The molecule has 152 valence electrons. The van der Waals surface area contributed by atoms with Crippen molar-refractivity contribution in [2.24, 2.45) is 0 Å². The number of benzene rings is 1. The Bertz CT molecular complexity index is 769. The van der Waals surface area contributed by atoms with Crippen molar-refractivity contribution in [1.82, 2.24) is 10.2 Å². The van der Waals surface area contributed by atoms with E-state index in [9.17, 15) is 9.59 Å². The number of ether oxygens (including phenoxy) is 2. The fourth-order valence-electron chi connectivity index (χ4n) is 2.60. The van der Waals surface area contributed by atoms with Crippen LogP contribution >= 0.6 is 0 Å². The minimum Gasteiger partial charge on any atom is -0.494 e. The molecule has 1 amide bonds. The fraction of sp³-hybridized carbons (Fsp3) is 0.400. The summed E-state index contributed by atoms with van der Waals surface area (Å²) in [6.07, 6.45) is -0.168. The lowest BCUT2D eigenvalue weighted by molar-refractivity contribution is -0.137. The SMILES string of the molecule is CCOc1ccc(OCc2ccc(C(=O)NC(CC(=O)O)CN(C)C)o2)cc1. The van der Waals surface area contributed by atoms with E-state index in [1.807, 2.05) is 38.1 Å². The first-order chi connectivity index (χ1) is 13.4. The lowest BCUT2D eigenvalue weighted by Gasteiger charge is -2.20. The van der Waals surface area contributed by atoms with Crippen molar-refractivity contribution in [2.45, 2.75) is 26.0 Å². The quantitative estimate of drug-likeness (QED) is 0.607. The topological polar surface area (TPSA) is 101 Å². The van der Waals surface area contributed by atoms with Crippen molar-refractivity contribution in [3.8, 4) is 11.5 Å². The van der Waals surface area contributed by atoms with Gasteiger partial charge in [0.1, 0.15) is 23.9 Å². The number of furan rings is 1. The first-order valence-electron chi connectivity index (χ1n) is 8.99. The van der Waals surface area contributed by atoms with Crippen molar-refractivity contribution in [2.75, 3.05) is 27.2 Å². The van der Waals surface area contributed by atoms with Crippen LogP contribution in [0.25, 0.3) is 0 Å². The molecular weight excluding hydrogens is 364 g/mol. The molecule has 1 aromatic carbocycles. The first kappa shape index (κ1) is 21.3. The third-order valence-corrected chi connectivity index (χ3v) is 3.74. The number of nitrogens with zero attached hydrogens (tertiary/aromatic N) is 1. The van der Waals surface area contributed by atoms with E-state index >= 15 is 0 Å². The predicted molar refractivity (Wildman–Crippen MR) is 103 cm³/mol. The molecule has 1 aromatic heterocycles. The number of carboxylic acids is 1. The van der Waals surface area contributed by atoms with Crippen molar-refractivity contribution in [1.29, 1.82) is 0 Å². The van der Waals surface area contributed by atoms with Gasteiger partial charge in [0.2, 0.25) is 0 Å². The Morgan fingerprint density at radius 3 is 2.32 bits per heavy atom. The Labute approximate surface area is 164 Å². The van der Waals surface area contributed by atoms with Crippen molar-refractivity contribution in [3.05, 3.63) is 47.9 Å². The van der Waals surface area contributed by atoms with E-state index in [1.165, 1.54) is 0 Å². The maximum Gasteiger partial charge on any atom is 0.305 e. The number of nitrogens with one attached hydrogen (secondary N) is 1. The lowest BCUT2D eigenvalue weighted by atomic mass is 10.2. The molecule has 0 radical (unpaired) electrons. The number of carboxylic acid groups (broad SMARTS) is 1. The third-order valence-electron chi connectivity index (χ3n) is 3.74. The summed E-state index contributed by atoms with van der Waals surface area (Å²) >= 11 is 0. The predicted octanol–water partition coefficient (Wildman–Crippen LogP) is 2.39. The summed E-state index contributed by atoms with van der Waals surface area (Å²) in [4.78, 5) is 25.1. The highest BCUT2D eigenvalue weighted by Gasteiger charge is 2.20. The van der Waals surface area contributed by atoms with Gasteiger partial charge in [0, 0.05) is 6.54 Å². The van der Waals surface area contributed by atoms with Crippen LogP contribution < -0.4 is 14.8 Å². The molecule has 8 heteroatoms. The van der Waals surface area contributed by atoms with Gasteiger partial charge in [-0.2, -0.15) is 0 Å². The third kappa shape index (κ3) is 6.96. The Morgan fingerprint density at radius 1 is 1.11 bits per heavy atom. The molecule has 0 aliphatic rings. The number of likely N-dealkylation sites (N-methyl/N-ethyl adjacent to an activating group) is 1. The molecule has 0 saturated heterocycles. The molecule has 2 rings (SSSR count). The smallest absolute Gasteiger partial charge is 0.305 e. The van der Waals surface area contributed by atoms with Crippen LogP contribution in [0, 0.1) is 0 Å². The van der Waals surface area contributed by atoms with E-state index in [0.29, 0.717) is 24.7 Å². The van der Waals surface area contributed by atoms with Gasteiger partial charge >= 0.3 is 5.97 Å². The standard InChI is InChI=1S/C20H26N2O6/c1-4-26-15-5-7-16(8-6-15)27-13-17-9-10-18(28-17)20(25)21-14(11-19(23)24)12-22(2)3/h5-10,14H,4,11-13H2,1-3H3,(H,21,25)(H,23,24). The summed E-state index contributed by atoms with van der Waals surface area (Å²) in [6.45, 7) is 3.09. The van der Waals surface area contributed by atoms with Crippen molar-refractivity contribution >= 4 is 11.9 Å². The Kier molecular flexibility index (Phi) is 7.88. The molecule has 0 aliphatic heterocycles. The maximum absolute atomic E-state index is 12.3. The Balaban J connectivity index is 1.90. The van der Waals surface area contributed by atoms with E-state index < -0.39 is 17.9 Å². The van der Waals surface area contributed by atoms with E-state index in [-0.39, 0.29) is 18.8 Å². The van der Waals surface area contributed by atoms with Gasteiger partial charge in [0.05, 0.1) is 19.1 Å². The number of hydrogen-bond donors (Lipinski definition) is 2. The maximum atomic E-state index is 12.3.